The van der Waals surface area contributed by atoms with Crippen molar-refractivity contribution in [1.29, 1.82) is 0 Å². The van der Waals surface area contributed by atoms with Crippen LogP contribution in [-0.4, -0.2) is 25.0 Å². The maximum absolute atomic E-state index is 11.6. The lowest BCUT2D eigenvalue weighted by molar-refractivity contribution is -0.120. The fraction of sp³-hybridized carbons (Fsp3) is 0.333. The van der Waals surface area contributed by atoms with Crippen LogP contribution in [0.15, 0.2) is 18.2 Å². The second kappa shape index (κ2) is 6.26. The number of hydrogen-bond donors (Lipinski definition) is 3. The molecular weight excluding hydrogens is 254 g/mol. The Balaban J connectivity index is 2.63. The molecule has 0 saturated heterocycles. The Labute approximate surface area is 111 Å². The highest BCUT2D eigenvalue weighted by Gasteiger charge is 2.14. The lowest BCUT2D eigenvalue weighted by atomic mass is 10.2. The Morgan fingerprint density at radius 2 is 2.00 bits per heavy atom. The van der Waals surface area contributed by atoms with Crippen molar-refractivity contribution >= 4 is 29.2 Å². The molecule has 5 nitrogen and oxygen atoms in total. The van der Waals surface area contributed by atoms with Crippen LogP contribution in [0.2, 0.25) is 5.02 Å². The molecule has 0 aliphatic carbocycles. The fourth-order valence-corrected chi connectivity index (χ4v) is 1.46. The van der Waals surface area contributed by atoms with Gasteiger partial charge in [0.2, 0.25) is 5.91 Å². The fourth-order valence-electron chi connectivity index (χ4n) is 1.28. The van der Waals surface area contributed by atoms with Crippen molar-refractivity contribution in [2.24, 2.45) is 0 Å². The number of hydrogen-bond acceptors (Lipinski definition) is 3. The van der Waals surface area contributed by atoms with Crippen molar-refractivity contribution in [3.05, 3.63) is 28.8 Å². The van der Waals surface area contributed by atoms with Gasteiger partial charge in [-0.3, -0.25) is 10.1 Å². The molecule has 0 fully saturated rings. The van der Waals surface area contributed by atoms with Crippen LogP contribution in [0.4, 0.5) is 10.5 Å². The number of imide groups is 1. The third-order valence-electron chi connectivity index (χ3n) is 2.41. The number of aryl methyl sites for hydroxylation is 1. The standard InChI is InChI=1S/C12H16ClN3O2/c1-7-4-5-9(6-10(7)13)15-8(2)11(17)16-12(18)14-3/h4-6,8,15H,1-3H3,(H2,14,16,17,18). The van der Waals surface area contributed by atoms with Crippen molar-refractivity contribution in [2.45, 2.75) is 19.9 Å². The van der Waals surface area contributed by atoms with E-state index < -0.39 is 18.0 Å². The lowest BCUT2D eigenvalue weighted by Gasteiger charge is -2.15. The number of amides is 3. The highest BCUT2D eigenvalue weighted by atomic mass is 35.5. The molecule has 0 aromatic heterocycles. The van der Waals surface area contributed by atoms with Gasteiger partial charge in [0.15, 0.2) is 0 Å². The first-order chi connectivity index (χ1) is 8.43. The van der Waals surface area contributed by atoms with Gasteiger partial charge in [0.25, 0.3) is 0 Å². The van der Waals surface area contributed by atoms with E-state index in [0.717, 1.165) is 11.3 Å². The maximum Gasteiger partial charge on any atom is 0.321 e. The molecule has 1 atom stereocenters. The second-order valence-electron chi connectivity index (χ2n) is 3.90. The lowest BCUT2D eigenvalue weighted by Crippen LogP contribution is -2.44. The smallest absolute Gasteiger partial charge is 0.321 e. The zero-order chi connectivity index (χ0) is 13.7. The SMILES string of the molecule is CNC(=O)NC(=O)C(C)Nc1ccc(C)c(Cl)c1. The third-order valence-corrected chi connectivity index (χ3v) is 2.82. The minimum absolute atomic E-state index is 0.411. The van der Waals surface area contributed by atoms with E-state index in [2.05, 4.69) is 16.0 Å². The van der Waals surface area contributed by atoms with Gasteiger partial charge in [0.05, 0.1) is 0 Å². The zero-order valence-corrected chi connectivity index (χ0v) is 11.3. The molecule has 0 heterocycles. The summed E-state index contributed by atoms with van der Waals surface area (Å²) in [5.41, 5.74) is 1.69. The van der Waals surface area contributed by atoms with Crippen molar-refractivity contribution in [2.75, 3.05) is 12.4 Å². The Hall–Kier alpha value is -1.75. The van der Waals surface area contributed by atoms with Crippen molar-refractivity contribution < 1.29 is 9.59 Å². The summed E-state index contributed by atoms with van der Waals surface area (Å²) in [6, 6.07) is 4.34. The first-order valence-corrected chi connectivity index (χ1v) is 5.87. The van der Waals surface area contributed by atoms with Gasteiger partial charge >= 0.3 is 6.03 Å². The quantitative estimate of drug-likeness (QED) is 0.785. The van der Waals surface area contributed by atoms with Crippen LogP contribution in [0, 0.1) is 6.92 Å². The number of carbonyl (C=O) groups excluding carboxylic acids is 2. The summed E-state index contributed by atoms with van der Waals surface area (Å²) in [7, 11) is 1.44. The van der Waals surface area contributed by atoms with E-state index in [4.69, 9.17) is 11.6 Å². The molecular formula is C12H16ClN3O2. The van der Waals surface area contributed by atoms with Gasteiger partial charge in [-0.25, -0.2) is 4.79 Å². The van der Waals surface area contributed by atoms with E-state index in [1.165, 1.54) is 7.05 Å². The molecule has 6 heteroatoms. The predicted octanol–water partition coefficient (Wildman–Crippen LogP) is 1.90. The second-order valence-corrected chi connectivity index (χ2v) is 4.31. The van der Waals surface area contributed by atoms with Crippen LogP contribution in [0.3, 0.4) is 0 Å². The molecule has 0 spiro atoms. The minimum Gasteiger partial charge on any atom is -0.374 e. The summed E-state index contributed by atoms with van der Waals surface area (Å²) in [4.78, 5) is 22.6. The van der Waals surface area contributed by atoms with Crippen LogP contribution in [0.1, 0.15) is 12.5 Å². The molecule has 1 aromatic carbocycles. The van der Waals surface area contributed by atoms with Gasteiger partial charge in [-0.2, -0.15) is 0 Å². The Kier molecular flexibility index (Phi) is 4.97. The number of urea groups is 1. The number of carbonyl (C=O) groups is 2. The number of halogens is 1. The number of rotatable bonds is 3. The van der Waals surface area contributed by atoms with E-state index >= 15 is 0 Å². The van der Waals surface area contributed by atoms with Gasteiger partial charge in [0.1, 0.15) is 6.04 Å². The molecule has 0 saturated carbocycles. The maximum atomic E-state index is 11.6. The molecule has 98 valence electrons. The van der Waals surface area contributed by atoms with Crippen molar-refractivity contribution in [1.82, 2.24) is 10.6 Å². The summed E-state index contributed by atoms with van der Waals surface area (Å²) >= 11 is 5.98. The highest BCUT2D eigenvalue weighted by Crippen LogP contribution is 2.20. The summed E-state index contributed by atoms with van der Waals surface area (Å²) < 4.78 is 0. The average Bonchev–Trinajstić information content (AvgIpc) is 2.33. The van der Waals surface area contributed by atoms with E-state index in [9.17, 15) is 9.59 Å². The van der Waals surface area contributed by atoms with Crippen LogP contribution in [-0.2, 0) is 4.79 Å². The minimum atomic E-state index is -0.541. The molecule has 18 heavy (non-hydrogen) atoms. The Bertz CT molecular complexity index is 463. The third kappa shape index (κ3) is 3.92. The number of anilines is 1. The van der Waals surface area contributed by atoms with Gasteiger partial charge in [-0.1, -0.05) is 17.7 Å². The summed E-state index contributed by atoms with van der Waals surface area (Å²) in [6.07, 6.45) is 0. The molecule has 1 rings (SSSR count). The van der Waals surface area contributed by atoms with Crippen molar-refractivity contribution in [3.63, 3.8) is 0 Å². The zero-order valence-electron chi connectivity index (χ0n) is 10.5. The first kappa shape index (κ1) is 14.3. The van der Waals surface area contributed by atoms with Crippen LogP contribution in [0.5, 0.6) is 0 Å². The number of benzene rings is 1. The normalized spacial score (nSPS) is 11.6. The molecule has 0 radical (unpaired) electrons. The first-order valence-electron chi connectivity index (χ1n) is 5.49. The molecule has 3 N–H and O–H groups in total. The molecule has 1 unspecified atom stereocenters. The highest BCUT2D eigenvalue weighted by molar-refractivity contribution is 6.31. The Morgan fingerprint density at radius 3 is 2.56 bits per heavy atom. The van der Waals surface area contributed by atoms with Crippen LogP contribution >= 0.6 is 11.6 Å². The van der Waals surface area contributed by atoms with Gasteiger partial charge < -0.3 is 10.6 Å². The van der Waals surface area contributed by atoms with E-state index in [1.807, 2.05) is 19.1 Å². The Morgan fingerprint density at radius 1 is 1.33 bits per heavy atom. The van der Waals surface area contributed by atoms with Gasteiger partial charge in [-0.05, 0) is 31.5 Å². The van der Waals surface area contributed by atoms with E-state index in [0.29, 0.717) is 5.02 Å². The van der Waals surface area contributed by atoms with Crippen molar-refractivity contribution in [3.8, 4) is 0 Å². The average molecular weight is 270 g/mol. The molecule has 1 aromatic rings. The summed E-state index contributed by atoms with van der Waals surface area (Å²) in [6.45, 7) is 3.56. The van der Waals surface area contributed by atoms with Crippen LogP contribution < -0.4 is 16.0 Å². The summed E-state index contributed by atoms with van der Waals surface area (Å²) in [5.74, 6) is -0.411. The van der Waals surface area contributed by atoms with E-state index in [1.54, 1.807) is 13.0 Å². The topological polar surface area (TPSA) is 70.2 Å². The van der Waals surface area contributed by atoms with Crippen LogP contribution in [0.25, 0.3) is 0 Å². The molecule has 0 bridgehead atoms. The molecule has 0 aliphatic rings. The predicted molar refractivity (Wildman–Crippen MR) is 71.9 cm³/mol. The monoisotopic (exact) mass is 269 g/mol. The van der Waals surface area contributed by atoms with Gasteiger partial charge in [-0.15, -0.1) is 0 Å². The van der Waals surface area contributed by atoms with Gasteiger partial charge in [0, 0.05) is 17.8 Å². The molecule has 0 aliphatic heterocycles. The number of nitrogens with one attached hydrogen (secondary N) is 3. The largest absolute Gasteiger partial charge is 0.374 e. The van der Waals surface area contributed by atoms with E-state index in [-0.39, 0.29) is 0 Å². The summed E-state index contributed by atoms with van der Waals surface area (Å²) in [5, 5.41) is 8.09. The molecule has 3 amide bonds.